The van der Waals surface area contributed by atoms with Crippen LogP contribution >= 0.6 is 0 Å². The van der Waals surface area contributed by atoms with Crippen molar-refractivity contribution in [1.29, 1.82) is 0 Å². The molecule has 0 saturated heterocycles. The number of aromatic hydroxyl groups is 2. The van der Waals surface area contributed by atoms with Gasteiger partial charge in [0.2, 0.25) is 0 Å². The van der Waals surface area contributed by atoms with Gasteiger partial charge in [0.25, 0.3) is 0 Å². The van der Waals surface area contributed by atoms with E-state index in [2.05, 4.69) is 11.9 Å². The summed E-state index contributed by atoms with van der Waals surface area (Å²) in [4.78, 5) is 0. The van der Waals surface area contributed by atoms with Crippen LogP contribution in [0.25, 0.3) is 0 Å². The van der Waals surface area contributed by atoms with Gasteiger partial charge < -0.3 is 15.5 Å². The van der Waals surface area contributed by atoms with Crippen LogP contribution in [-0.2, 0) is 6.54 Å². The van der Waals surface area contributed by atoms with Gasteiger partial charge in [0, 0.05) is 24.2 Å². The van der Waals surface area contributed by atoms with E-state index in [1.807, 2.05) is 6.92 Å². The highest BCUT2D eigenvalue weighted by Crippen LogP contribution is 2.22. The minimum atomic E-state index is 0.0722. The summed E-state index contributed by atoms with van der Waals surface area (Å²) in [5.74, 6) is 0.178. The van der Waals surface area contributed by atoms with Gasteiger partial charge >= 0.3 is 0 Å². The van der Waals surface area contributed by atoms with E-state index in [1.54, 1.807) is 18.2 Å². The van der Waals surface area contributed by atoms with Crippen molar-refractivity contribution in [1.82, 2.24) is 5.32 Å². The summed E-state index contributed by atoms with van der Waals surface area (Å²) in [7, 11) is 0. The molecular formula is C11H15NO2. The van der Waals surface area contributed by atoms with Gasteiger partial charge in [0.1, 0.15) is 11.5 Å². The summed E-state index contributed by atoms with van der Waals surface area (Å²) in [5, 5.41) is 21.7. The maximum Gasteiger partial charge on any atom is 0.123 e. The topological polar surface area (TPSA) is 52.5 Å². The Bertz CT molecular complexity index is 323. The van der Waals surface area contributed by atoms with Crippen LogP contribution in [0.1, 0.15) is 12.5 Å². The van der Waals surface area contributed by atoms with Crippen LogP contribution in [0, 0.1) is 0 Å². The fraction of sp³-hybridized carbons (Fsp3) is 0.273. The van der Waals surface area contributed by atoms with E-state index in [0.717, 1.165) is 5.56 Å². The molecule has 1 unspecified atom stereocenters. The third-order valence-corrected chi connectivity index (χ3v) is 2.04. The SMILES string of the molecule is C=CC(C)NCc1ccc(O)cc1O. The van der Waals surface area contributed by atoms with E-state index in [-0.39, 0.29) is 17.5 Å². The standard InChI is InChI=1S/C11H15NO2/c1-3-8(2)12-7-9-4-5-10(13)6-11(9)14/h3-6,8,12-14H,1,7H2,2H3. The molecule has 3 nitrogen and oxygen atoms in total. The van der Waals surface area contributed by atoms with Crippen LogP contribution in [-0.4, -0.2) is 16.3 Å². The quantitative estimate of drug-likeness (QED) is 0.639. The zero-order valence-corrected chi connectivity index (χ0v) is 8.20. The first-order valence-corrected chi connectivity index (χ1v) is 4.50. The van der Waals surface area contributed by atoms with Crippen molar-refractivity contribution < 1.29 is 10.2 Å². The molecule has 0 aliphatic rings. The zero-order valence-electron chi connectivity index (χ0n) is 8.20. The molecule has 1 rings (SSSR count). The van der Waals surface area contributed by atoms with E-state index in [4.69, 9.17) is 5.11 Å². The molecule has 0 fully saturated rings. The molecule has 1 aromatic carbocycles. The number of hydrogen-bond acceptors (Lipinski definition) is 3. The minimum absolute atomic E-state index is 0.0722. The summed E-state index contributed by atoms with van der Waals surface area (Å²) in [6.07, 6.45) is 1.79. The van der Waals surface area contributed by atoms with Crippen molar-refractivity contribution in [2.75, 3.05) is 0 Å². The Hall–Kier alpha value is -1.48. The molecule has 0 saturated carbocycles. The zero-order chi connectivity index (χ0) is 10.6. The number of benzene rings is 1. The van der Waals surface area contributed by atoms with Crippen LogP contribution in [0.3, 0.4) is 0 Å². The molecule has 3 heteroatoms. The molecule has 3 N–H and O–H groups in total. The summed E-state index contributed by atoms with van der Waals surface area (Å²) < 4.78 is 0. The summed E-state index contributed by atoms with van der Waals surface area (Å²) in [6.45, 7) is 6.18. The third kappa shape index (κ3) is 2.78. The second-order valence-electron chi connectivity index (χ2n) is 3.22. The van der Waals surface area contributed by atoms with Gasteiger partial charge in [-0.25, -0.2) is 0 Å². The maximum absolute atomic E-state index is 9.45. The molecule has 0 amide bonds. The van der Waals surface area contributed by atoms with Gasteiger partial charge in [-0.3, -0.25) is 0 Å². The lowest BCUT2D eigenvalue weighted by Crippen LogP contribution is -2.22. The van der Waals surface area contributed by atoms with E-state index in [1.165, 1.54) is 6.07 Å². The summed E-state index contributed by atoms with van der Waals surface area (Å²) in [6, 6.07) is 4.77. The Kier molecular flexibility index (Phi) is 3.54. The maximum atomic E-state index is 9.45. The largest absolute Gasteiger partial charge is 0.508 e. The molecule has 1 atom stereocenters. The fourth-order valence-electron chi connectivity index (χ4n) is 1.06. The molecule has 0 aliphatic carbocycles. The Morgan fingerprint density at radius 3 is 2.79 bits per heavy atom. The highest BCUT2D eigenvalue weighted by molar-refractivity contribution is 5.38. The predicted octanol–water partition coefficient (Wildman–Crippen LogP) is 1.76. The molecule has 76 valence electrons. The Morgan fingerprint density at radius 1 is 1.50 bits per heavy atom. The number of phenolic OH excluding ortho intramolecular Hbond substituents is 2. The van der Waals surface area contributed by atoms with E-state index < -0.39 is 0 Å². The second kappa shape index (κ2) is 4.67. The molecule has 1 aromatic rings. The van der Waals surface area contributed by atoms with Crippen LogP contribution in [0.2, 0.25) is 0 Å². The molecule has 0 aromatic heterocycles. The van der Waals surface area contributed by atoms with Gasteiger partial charge in [0.15, 0.2) is 0 Å². The molecule has 0 spiro atoms. The monoisotopic (exact) mass is 193 g/mol. The van der Waals surface area contributed by atoms with Gasteiger partial charge in [-0.1, -0.05) is 12.1 Å². The van der Waals surface area contributed by atoms with Gasteiger partial charge in [0.05, 0.1) is 0 Å². The first-order chi connectivity index (χ1) is 6.63. The summed E-state index contributed by atoms with van der Waals surface area (Å²) >= 11 is 0. The van der Waals surface area contributed by atoms with Crippen LogP contribution < -0.4 is 5.32 Å². The minimum Gasteiger partial charge on any atom is -0.508 e. The van der Waals surface area contributed by atoms with Crippen molar-refractivity contribution in [3.8, 4) is 11.5 Å². The van der Waals surface area contributed by atoms with Crippen molar-refractivity contribution in [3.05, 3.63) is 36.4 Å². The van der Waals surface area contributed by atoms with Crippen molar-refractivity contribution in [3.63, 3.8) is 0 Å². The first-order valence-electron chi connectivity index (χ1n) is 4.50. The highest BCUT2D eigenvalue weighted by Gasteiger charge is 2.02. The Labute approximate surface area is 83.7 Å². The summed E-state index contributed by atoms with van der Waals surface area (Å²) in [5.41, 5.74) is 0.761. The number of rotatable bonds is 4. The molecule has 0 heterocycles. The van der Waals surface area contributed by atoms with Crippen LogP contribution in [0.15, 0.2) is 30.9 Å². The van der Waals surface area contributed by atoms with Gasteiger partial charge in [-0.2, -0.15) is 0 Å². The highest BCUT2D eigenvalue weighted by atomic mass is 16.3. The third-order valence-electron chi connectivity index (χ3n) is 2.04. The Morgan fingerprint density at radius 2 is 2.21 bits per heavy atom. The average molecular weight is 193 g/mol. The van der Waals surface area contributed by atoms with Crippen LogP contribution in [0.5, 0.6) is 11.5 Å². The van der Waals surface area contributed by atoms with Crippen molar-refractivity contribution in [2.24, 2.45) is 0 Å². The molecule has 0 radical (unpaired) electrons. The lowest BCUT2D eigenvalue weighted by molar-refractivity contribution is 0.443. The Balaban J connectivity index is 2.63. The van der Waals surface area contributed by atoms with Crippen molar-refractivity contribution in [2.45, 2.75) is 19.5 Å². The molecular weight excluding hydrogens is 178 g/mol. The number of nitrogens with one attached hydrogen (secondary N) is 1. The number of hydrogen-bond donors (Lipinski definition) is 3. The predicted molar refractivity (Wildman–Crippen MR) is 56.3 cm³/mol. The van der Waals surface area contributed by atoms with E-state index in [9.17, 15) is 5.11 Å². The molecule has 0 bridgehead atoms. The molecule has 0 aliphatic heterocycles. The fourth-order valence-corrected chi connectivity index (χ4v) is 1.06. The number of phenols is 2. The lowest BCUT2D eigenvalue weighted by atomic mass is 10.2. The second-order valence-corrected chi connectivity index (χ2v) is 3.22. The van der Waals surface area contributed by atoms with Crippen molar-refractivity contribution >= 4 is 0 Å². The first kappa shape index (κ1) is 10.6. The van der Waals surface area contributed by atoms with Gasteiger partial charge in [-0.15, -0.1) is 6.58 Å². The normalized spacial score (nSPS) is 12.4. The lowest BCUT2D eigenvalue weighted by Gasteiger charge is -2.10. The van der Waals surface area contributed by atoms with E-state index >= 15 is 0 Å². The van der Waals surface area contributed by atoms with E-state index in [0.29, 0.717) is 6.54 Å². The molecule has 14 heavy (non-hydrogen) atoms. The average Bonchev–Trinajstić information content (AvgIpc) is 2.16. The van der Waals surface area contributed by atoms with Gasteiger partial charge in [-0.05, 0) is 13.0 Å². The van der Waals surface area contributed by atoms with Crippen LogP contribution in [0.4, 0.5) is 0 Å². The smallest absolute Gasteiger partial charge is 0.123 e.